The quantitative estimate of drug-likeness (QED) is 0.685. The molecule has 0 radical (unpaired) electrons. The largest absolute Gasteiger partial charge is 0.477 e. The fourth-order valence-electron chi connectivity index (χ4n) is 2.16. The van der Waals surface area contributed by atoms with Crippen LogP contribution in [0.15, 0.2) is 6.07 Å². The Balaban J connectivity index is 2.15. The lowest BCUT2D eigenvalue weighted by atomic mass is 10.2. The summed E-state index contributed by atoms with van der Waals surface area (Å²) in [6.07, 6.45) is 5.83. The molecule has 21 heavy (non-hydrogen) atoms. The number of hydrogen-bond donors (Lipinski definition) is 1. The molecule has 0 saturated carbocycles. The van der Waals surface area contributed by atoms with Gasteiger partial charge in [-0.3, -0.25) is 0 Å². The second-order valence-corrected chi connectivity index (χ2v) is 6.19. The molecule has 2 aromatic rings. The highest BCUT2D eigenvalue weighted by molar-refractivity contribution is 7.18. The van der Waals surface area contributed by atoms with Crippen LogP contribution < -0.4 is 10.1 Å². The van der Waals surface area contributed by atoms with Crippen molar-refractivity contribution < 1.29 is 4.74 Å². The van der Waals surface area contributed by atoms with Gasteiger partial charge >= 0.3 is 0 Å². The van der Waals surface area contributed by atoms with Crippen molar-refractivity contribution in [3.63, 3.8) is 0 Å². The van der Waals surface area contributed by atoms with Crippen molar-refractivity contribution in [3.8, 4) is 5.88 Å². The molecule has 0 aliphatic rings. The van der Waals surface area contributed by atoms with Crippen LogP contribution in [0.5, 0.6) is 5.88 Å². The number of nitrogens with one attached hydrogen (secondary N) is 1. The van der Waals surface area contributed by atoms with Crippen molar-refractivity contribution in [2.24, 2.45) is 0 Å². The lowest BCUT2D eigenvalue weighted by Crippen LogP contribution is -2.05. The minimum Gasteiger partial charge on any atom is -0.477 e. The molecular formula is C16H25N3OS. The molecule has 0 amide bonds. The normalized spacial score (nSPS) is 11.0. The average molecular weight is 307 g/mol. The number of rotatable bonds is 9. The topological polar surface area (TPSA) is 47.0 Å². The van der Waals surface area contributed by atoms with E-state index in [1.54, 1.807) is 11.3 Å². The van der Waals surface area contributed by atoms with Crippen molar-refractivity contribution in [2.75, 3.05) is 18.5 Å². The molecule has 0 unspecified atom stereocenters. The van der Waals surface area contributed by atoms with E-state index in [0.717, 1.165) is 42.1 Å². The summed E-state index contributed by atoms with van der Waals surface area (Å²) >= 11 is 1.73. The zero-order valence-corrected chi connectivity index (χ0v) is 14.1. The number of aromatic nitrogens is 2. The minimum atomic E-state index is 0.665. The van der Waals surface area contributed by atoms with E-state index in [9.17, 15) is 0 Å². The van der Waals surface area contributed by atoms with Crippen LogP contribution in [-0.2, 0) is 6.42 Å². The second kappa shape index (κ2) is 8.17. The maximum Gasteiger partial charge on any atom is 0.227 e. The van der Waals surface area contributed by atoms with Gasteiger partial charge in [0.1, 0.15) is 4.83 Å². The number of nitrogens with zero attached hydrogens (tertiary/aromatic N) is 2. The summed E-state index contributed by atoms with van der Waals surface area (Å²) in [5.41, 5.74) is 0. The molecule has 5 heteroatoms. The molecule has 0 aliphatic carbocycles. The SMILES string of the molecule is CCCCCCOc1nc(NCC)nc2sc(CC)cc12. The first-order valence-corrected chi connectivity index (χ1v) is 8.77. The van der Waals surface area contributed by atoms with Crippen molar-refractivity contribution in [1.82, 2.24) is 9.97 Å². The van der Waals surface area contributed by atoms with E-state index in [2.05, 4.69) is 35.2 Å². The maximum atomic E-state index is 5.93. The lowest BCUT2D eigenvalue weighted by Gasteiger charge is -2.08. The van der Waals surface area contributed by atoms with Crippen LogP contribution in [0.3, 0.4) is 0 Å². The van der Waals surface area contributed by atoms with Gasteiger partial charge in [-0.1, -0.05) is 33.1 Å². The summed E-state index contributed by atoms with van der Waals surface area (Å²) < 4.78 is 5.93. The van der Waals surface area contributed by atoms with E-state index >= 15 is 0 Å². The summed E-state index contributed by atoms with van der Waals surface area (Å²) in [5.74, 6) is 1.39. The third-order valence-electron chi connectivity index (χ3n) is 3.33. The molecule has 2 heterocycles. The summed E-state index contributed by atoms with van der Waals surface area (Å²) in [7, 11) is 0. The number of anilines is 1. The summed E-state index contributed by atoms with van der Waals surface area (Å²) in [6.45, 7) is 7.97. The Hall–Kier alpha value is -1.36. The Labute approximate surface area is 131 Å². The number of thiophene rings is 1. The first-order chi connectivity index (χ1) is 10.3. The van der Waals surface area contributed by atoms with Crippen molar-refractivity contribution >= 4 is 27.5 Å². The van der Waals surface area contributed by atoms with Gasteiger partial charge < -0.3 is 10.1 Å². The molecule has 2 aromatic heterocycles. The number of aryl methyl sites for hydroxylation is 1. The van der Waals surface area contributed by atoms with E-state index in [0.29, 0.717) is 5.95 Å². The van der Waals surface area contributed by atoms with Gasteiger partial charge in [-0.25, -0.2) is 4.98 Å². The van der Waals surface area contributed by atoms with Crippen LogP contribution in [0.4, 0.5) is 5.95 Å². The van der Waals surface area contributed by atoms with E-state index in [-0.39, 0.29) is 0 Å². The molecule has 0 aliphatic heterocycles. The van der Waals surface area contributed by atoms with E-state index < -0.39 is 0 Å². The van der Waals surface area contributed by atoms with Crippen LogP contribution in [0.25, 0.3) is 10.2 Å². The smallest absolute Gasteiger partial charge is 0.227 e. The number of ether oxygens (including phenoxy) is 1. The van der Waals surface area contributed by atoms with Crippen LogP contribution >= 0.6 is 11.3 Å². The predicted molar refractivity (Wildman–Crippen MR) is 90.6 cm³/mol. The number of unbranched alkanes of at least 4 members (excludes halogenated alkanes) is 3. The molecule has 0 atom stereocenters. The van der Waals surface area contributed by atoms with Gasteiger partial charge in [0, 0.05) is 11.4 Å². The Bertz CT molecular complexity index is 568. The molecule has 0 saturated heterocycles. The first-order valence-electron chi connectivity index (χ1n) is 7.95. The van der Waals surface area contributed by atoms with E-state index in [1.807, 2.05) is 6.92 Å². The minimum absolute atomic E-state index is 0.665. The third-order valence-corrected chi connectivity index (χ3v) is 4.50. The first kappa shape index (κ1) is 16.0. The second-order valence-electron chi connectivity index (χ2n) is 5.08. The highest BCUT2D eigenvalue weighted by Crippen LogP contribution is 2.31. The summed E-state index contributed by atoms with van der Waals surface area (Å²) in [6, 6.07) is 2.16. The van der Waals surface area contributed by atoms with E-state index in [1.165, 1.54) is 24.1 Å². The van der Waals surface area contributed by atoms with Gasteiger partial charge in [0.15, 0.2) is 0 Å². The molecule has 0 aromatic carbocycles. The van der Waals surface area contributed by atoms with Crippen LogP contribution in [0.1, 0.15) is 51.3 Å². The van der Waals surface area contributed by atoms with Crippen molar-refractivity contribution in [2.45, 2.75) is 52.9 Å². The lowest BCUT2D eigenvalue weighted by molar-refractivity contribution is 0.298. The Kier molecular flexibility index (Phi) is 6.23. The Morgan fingerprint density at radius 3 is 2.71 bits per heavy atom. The average Bonchev–Trinajstić information content (AvgIpc) is 2.90. The molecule has 116 valence electrons. The molecule has 0 fully saturated rings. The maximum absolute atomic E-state index is 5.93. The third kappa shape index (κ3) is 4.30. The van der Waals surface area contributed by atoms with Gasteiger partial charge in [0.2, 0.25) is 11.8 Å². The van der Waals surface area contributed by atoms with Crippen molar-refractivity contribution in [3.05, 3.63) is 10.9 Å². The van der Waals surface area contributed by atoms with Crippen LogP contribution in [-0.4, -0.2) is 23.1 Å². The van der Waals surface area contributed by atoms with Crippen LogP contribution in [0, 0.1) is 0 Å². The Morgan fingerprint density at radius 1 is 1.14 bits per heavy atom. The molecule has 1 N–H and O–H groups in total. The summed E-state index contributed by atoms with van der Waals surface area (Å²) in [4.78, 5) is 11.4. The fraction of sp³-hybridized carbons (Fsp3) is 0.625. The van der Waals surface area contributed by atoms with Gasteiger partial charge in [-0.05, 0) is 25.8 Å². The van der Waals surface area contributed by atoms with Gasteiger partial charge in [0.05, 0.1) is 12.0 Å². The van der Waals surface area contributed by atoms with Gasteiger partial charge in [-0.2, -0.15) is 4.98 Å². The standard InChI is InChI=1S/C16H25N3OS/c1-4-7-8-9-10-20-14-13-11-12(5-2)21-15(13)19-16(18-14)17-6-3/h11H,4-10H2,1-3H3,(H,17,18,19). The number of hydrogen-bond acceptors (Lipinski definition) is 5. The zero-order chi connectivity index (χ0) is 15.1. The molecule has 4 nitrogen and oxygen atoms in total. The molecule has 0 spiro atoms. The summed E-state index contributed by atoms with van der Waals surface area (Å²) in [5, 5.41) is 4.23. The van der Waals surface area contributed by atoms with Crippen molar-refractivity contribution in [1.29, 1.82) is 0 Å². The fourth-order valence-corrected chi connectivity index (χ4v) is 3.12. The van der Waals surface area contributed by atoms with E-state index in [4.69, 9.17) is 4.74 Å². The van der Waals surface area contributed by atoms with Gasteiger partial charge in [0.25, 0.3) is 0 Å². The van der Waals surface area contributed by atoms with Gasteiger partial charge in [-0.15, -0.1) is 11.3 Å². The predicted octanol–water partition coefficient (Wildman–Crippen LogP) is 4.64. The highest BCUT2D eigenvalue weighted by Gasteiger charge is 2.12. The molecule has 2 rings (SSSR count). The monoisotopic (exact) mass is 307 g/mol. The zero-order valence-electron chi connectivity index (χ0n) is 13.2. The molecule has 0 bridgehead atoms. The number of fused-ring (bicyclic) bond motifs is 1. The highest BCUT2D eigenvalue weighted by atomic mass is 32.1. The van der Waals surface area contributed by atoms with Crippen LogP contribution in [0.2, 0.25) is 0 Å². The Morgan fingerprint density at radius 2 is 2.00 bits per heavy atom. The molecular weight excluding hydrogens is 282 g/mol.